The molecule has 0 aromatic heterocycles. The Kier molecular flexibility index (Phi) is 5.81. The van der Waals surface area contributed by atoms with Crippen LogP contribution in [0.2, 0.25) is 0 Å². The van der Waals surface area contributed by atoms with Crippen LogP contribution in [0.1, 0.15) is 17.5 Å². The molecule has 2 aromatic carbocycles. The van der Waals surface area contributed by atoms with Crippen LogP contribution >= 0.6 is 0 Å². The molecule has 0 amide bonds. The quantitative estimate of drug-likeness (QED) is 0.649. The first-order valence-corrected chi connectivity index (χ1v) is 6.88. The molecule has 0 aliphatic heterocycles. The van der Waals surface area contributed by atoms with E-state index in [4.69, 9.17) is 4.74 Å². The average molecular weight is 264 g/mol. The van der Waals surface area contributed by atoms with Crippen LogP contribution in [0.3, 0.4) is 0 Å². The molecule has 0 aliphatic rings. The zero-order chi connectivity index (χ0) is 14.0. The number of benzene rings is 2. The molecule has 1 heteroatoms. The fourth-order valence-electron chi connectivity index (χ4n) is 1.93. The third kappa shape index (κ3) is 4.87. The Labute approximate surface area is 121 Å². The van der Waals surface area contributed by atoms with Crippen LogP contribution in [0.15, 0.2) is 79.4 Å². The molecule has 1 nitrogen and oxygen atoms in total. The molecule has 0 aliphatic carbocycles. The van der Waals surface area contributed by atoms with Crippen LogP contribution in [0, 0.1) is 0 Å². The molecule has 0 saturated heterocycles. The first-order valence-electron chi connectivity index (χ1n) is 6.88. The lowest BCUT2D eigenvalue weighted by Gasteiger charge is -2.12. The van der Waals surface area contributed by atoms with E-state index in [2.05, 4.69) is 43.0 Å². The lowest BCUT2D eigenvalue weighted by atomic mass is 10.1. The summed E-state index contributed by atoms with van der Waals surface area (Å²) in [7, 11) is 0. The number of hydrogen-bond acceptors (Lipinski definition) is 1. The van der Waals surface area contributed by atoms with Crippen LogP contribution in [0.4, 0.5) is 0 Å². The van der Waals surface area contributed by atoms with Gasteiger partial charge in [-0.3, -0.25) is 0 Å². The van der Waals surface area contributed by atoms with Crippen LogP contribution in [0.5, 0.6) is 0 Å². The lowest BCUT2D eigenvalue weighted by molar-refractivity contribution is 0.0745. The Morgan fingerprint density at radius 2 is 1.60 bits per heavy atom. The Hall–Kier alpha value is -2.12. The normalized spacial score (nSPS) is 12.4. The SMILES string of the molecule is C=CCC(/C=C/c1ccccc1)OCc1ccccc1. The van der Waals surface area contributed by atoms with Gasteiger partial charge in [-0.1, -0.05) is 78.9 Å². The van der Waals surface area contributed by atoms with Crippen molar-refractivity contribution in [2.75, 3.05) is 0 Å². The molecular weight excluding hydrogens is 244 g/mol. The van der Waals surface area contributed by atoms with Gasteiger partial charge in [-0.15, -0.1) is 6.58 Å². The van der Waals surface area contributed by atoms with E-state index >= 15 is 0 Å². The van der Waals surface area contributed by atoms with Gasteiger partial charge in [0.05, 0.1) is 12.7 Å². The van der Waals surface area contributed by atoms with E-state index in [-0.39, 0.29) is 6.10 Å². The van der Waals surface area contributed by atoms with Crippen molar-refractivity contribution < 1.29 is 4.74 Å². The lowest BCUT2D eigenvalue weighted by Crippen LogP contribution is -2.08. The fraction of sp³-hybridized carbons (Fsp3) is 0.158. The van der Waals surface area contributed by atoms with Crippen molar-refractivity contribution >= 4 is 6.08 Å². The van der Waals surface area contributed by atoms with Crippen molar-refractivity contribution in [2.24, 2.45) is 0 Å². The molecule has 2 rings (SSSR count). The van der Waals surface area contributed by atoms with Gasteiger partial charge in [0.15, 0.2) is 0 Å². The summed E-state index contributed by atoms with van der Waals surface area (Å²) < 4.78 is 5.93. The highest BCUT2D eigenvalue weighted by atomic mass is 16.5. The zero-order valence-corrected chi connectivity index (χ0v) is 11.6. The van der Waals surface area contributed by atoms with Crippen LogP contribution in [-0.2, 0) is 11.3 Å². The van der Waals surface area contributed by atoms with Gasteiger partial charge in [-0.2, -0.15) is 0 Å². The summed E-state index contributed by atoms with van der Waals surface area (Å²) in [4.78, 5) is 0. The maximum absolute atomic E-state index is 5.93. The van der Waals surface area contributed by atoms with E-state index < -0.39 is 0 Å². The summed E-state index contributed by atoms with van der Waals surface area (Å²) in [6, 6.07) is 20.5. The Bertz CT molecular complexity index is 528. The molecule has 0 saturated carbocycles. The van der Waals surface area contributed by atoms with Gasteiger partial charge in [0.1, 0.15) is 0 Å². The van der Waals surface area contributed by atoms with Crippen LogP contribution < -0.4 is 0 Å². The van der Waals surface area contributed by atoms with E-state index in [0.717, 1.165) is 6.42 Å². The maximum Gasteiger partial charge on any atom is 0.0797 e. The highest BCUT2D eigenvalue weighted by Crippen LogP contribution is 2.10. The summed E-state index contributed by atoms with van der Waals surface area (Å²) >= 11 is 0. The van der Waals surface area contributed by atoms with Crippen molar-refractivity contribution in [3.8, 4) is 0 Å². The molecule has 0 fully saturated rings. The third-order valence-corrected chi connectivity index (χ3v) is 3.01. The Morgan fingerprint density at radius 3 is 2.25 bits per heavy atom. The molecule has 20 heavy (non-hydrogen) atoms. The first-order chi connectivity index (χ1) is 9.88. The molecule has 0 heterocycles. The highest BCUT2D eigenvalue weighted by molar-refractivity contribution is 5.49. The van der Waals surface area contributed by atoms with Gasteiger partial charge in [-0.25, -0.2) is 0 Å². The van der Waals surface area contributed by atoms with Crippen LogP contribution in [0.25, 0.3) is 6.08 Å². The Morgan fingerprint density at radius 1 is 0.950 bits per heavy atom. The van der Waals surface area contributed by atoms with Crippen molar-refractivity contribution in [2.45, 2.75) is 19.1 Å². The molecule has 0 radical (unpaired) electrons. The van der Waals surface area contributed by atoms with E-state index in [1.165, 1.54) is 11.1 Å². The summed E-state index contributed by atoms with van der Waals surface area (Å²) in [5.41, 5.74) is 2.37. The second-order valence-electron chi connectivity index (χ2n) is 4.63. The van der Waals surface area contributed by atoms with Gasteiger partial charge in [0, 0.05) is 0 Å². The first kappa shape index (κ1) is 14.3. The average Bonchev–Trinajstić information content (AvgIpc) is 2.52. The van der Waals surface area contributed by atoms with Crippen molar-refractivity contribution in [3.63, 3.8) is 0 Å². The standard InChI is InChI=1S/C19H20O/c1-2-9-19(15-14-17-10-5-3-6-11-17)20-16-18-12-7-4-8-13-18/h2-8,10-15,19H,1,9,16H2/b15-14+. The molecule has 0 bridgehead atoms. The van der Waals surface area contributed by atoms with Gasteiger partial charge in [0.2, 0.25) is 0 Å². The molecule has 0 N–H and O–H groups in total. The van der Waals surface area contributed by atoms with Crippen molar-refractivity contribution in [3.05, 3.63) is 90.5 Å². The van der Waals surface area contributed by atoms with Crippen LogP contribution in [-0.4, -0.2) is 6.10 Å². The number of ether oxygens (including phenoxy) is 1. The van der Waals surface area contributed by atoms with Crippen molar-refractivity contribution in [1.82, 2.24) is 0 Å². The topological polar surface area (TPSA) is 9.23 Å². The number of hydrogen-bond donors (Lipinski definition) is 0. The van der Waals surface area contributed by atoms with Crippen molar-refractivity contribution in [1.29, 1.82) is 0 Å². The molecule has 102 valence electrons. The second kappa shape index (κ2) is 8.13. The van der Waals surface area contributed by atoms with Gasteiger partial charge < -0.3 is 4.74 Å². The van der Waals surface area contributed by atoms with Gasteiger partial charge in [0.25, 0.3) is 0 Å². The van der Waals surface area contributed by atoms with E-state index in [1.54, 1.807) is 0 Å². The predicted molar refractivity (Wildman–Crippen MR) is 85.3 cm³/mol. The fourth-order valence-corrected chi connectivity index (χ4v) is 1.93. The minimum Gasteiger partial charge on any atom is -0.369 e. The summed E-state index contributed by atoms with van der Waals surface area (Å²) in [5, 5.41) is 0. The van der Waals surface area contributed by atoms with E-state index in [0.29, 0.717) is 6.61 Å². The smallest absolute Gasteiger partial charge is 0.0797 e. The largest absolute Gasteiger partial charge is 0.369 e. The van der Waals surface area contributed by atoms with Gasteiger partial charge >= 0.3 is 0 Å². The molecule has 1 unspecified atom stereocenters. The van der Waals surface area contributed by atoms with Gasteiger partial charge in [-0.05, 0) is 17.5 Å². The summed E-state index contributed by atoms with van der Waals surface area (Å²) in [5.74, 6) is 0. The second-order valence-corrected chi connectivity index (χ2v) is 4.63. The third-order valence-electron chi connectivity index (χ3n) is 3.01. The highest BCUT2D eigenvalue weighted by Gasteiger charge is 2.03. The number of rotatable bonds is 7. The summed E-state index contributed by atoms with van der Waals surface area (Å²) in [6.07, 6.45) is 6.97. The van der Waals surface area contributed by atoms with E-state index in [1.807, 2.05) is 42.5 Å². The molecule has 2 aromatic rings. The molecule has 1 atom stereocenters. The minimum absolute atomic E-state index is 0.0629. The zero-order valence-electron chi connectivity index (χ0n) is 11.6. The monoisotopic (exact) mass is 264 g/mol. The molecular formula is C19H20O. The Balaban J connectivity index is 1.93. The predicted octanol–water partition coefficient (Wildman–Crippen LogP) is 4.86. The van der Waals surface area contributed by atoms with E-state index in [9.17, 15) is 0 Å². The molecule has 0 spiro atoms. The minimum atomic E-state index is 0.0629. The summed E-state index contributed by atoms with van der Waals surface area (Å²) in [6.45, 7) is 4.42. The maximum atomic E-state index is 5.93.